The number of rotatable bonds is 50. The highest BCUT2D eigenvalue weighted by Crippen LogP contribution is 2.20. The van der Waals surface area contributed by atoms with Gasteiger partial charge in [0.15, 0.2) is 0 Å². The van der Waals surface area contributed by atoms with Crippen LogP contribution in [0.3, 0.4) is 0 Å². The molecule has 5 atom stereocenters. The third kappa shape index (κ3) is 127. The number of hydrogen-bond acceptors (Lipinski definition) is 32. The van der Waals surface area contributed by atoms with Crippen LogP contribution < -0.4 is 0 Å². The van der Waals surface area contributed by atoms with E-state index in [0.717, 1.165) is 64.6 Å². The minimum atomic E-state index is -1.39. The molecule has 0 aromatic carbocycles. The minimum Gasteiger partial charge on any atom is -0.481 e. The molecule has 0 radical (unpaired) electrons. The SMILES string of the molecule is C=CC(C/C=C\CO)CC/C=C/CO.CC(CO)(CO)C(=O)O.CC(CO)CO.CC(O)CO.CC(O)COC(C)CO.CCC(CO)(CO)C(=O)O.CCC(CO)CO.CCC(O)CO.OCCCCOCCCCO.OCCOCCO.OCCOCCO.OCCOCCOCCO. The van der Waals surface area contributed by atoms with E-state index in [1.165, 1.54) is 13.8 Å². The highest BCUT2D eigenvalue weighted by atomic mass is 16.5. The maximum absolute atomic E-state index is 10.4. The molecule has 34 heteroatoms. The summed E-state index contributed by atoms with van der Waals surface area (Å²) >= 11 is 0. The highest BCUT2D eigenvalue weighted by Gasteiger charge is 2.35. The number of allylic oxidation sites excluding steroid dienone is 3. The van der Waals surface area contributed by atoms with E-state index in [4.69, 9.17) is 152 Å². The van der Waals surface area contributed by atoms with Gasteiger partial charge in [0.25, 0.3) is 0 Å². The molecule has 0 aliphatic rings. The lowest BCUT2D eigenvalue weighted by Gasteiger charge is -2.21. The molecular formula is C67H148O34. The zero-order valence-electron chi connectivity index (χ0n) is 62.2. The third-order valence-electron chi connectivity index (χ3n) is 11.7. The van der Waals surface area contributed by atoms with Crippen LogP contribution in [0.25, 0.3) is 0 Å². The first kappa shape index (κ1) is 125. The first-order valence-electron chi connectivity index (χ1n) is 33.8. The first-order chi connectivity index (χ1) is 48.1. The summed E-state index contributed by atoms with van der Waals surface area (Å²) in [4.78, 5) is 20.6. The monoisotopic (exact) mass is 1500 g/mol. The van der Waals surface area contributed by atoms with Gasteiger partial charge in [0.05, 0.1) is 183 Å². The summed E-state index contributed by atoms with van der Waals surface area (Å²) < 4.78 is 29.2. The van der Waals surface area contributed by atoms with Crippen molar-refractivity contribution in [2.45, 2.75) is 144 Å². The molecule has 0 aromatic rings. The average molecular weight is 1500 g/mol. The summed E-state index contributed by atoms with van der Waals surface area (Å²) in [5.74, 6) is -1.74. The number of carboxylic acid groups (broad SMARTS) is 2. The van der Waals surface area contributed by atoms with Crippen LogP contribution in [0.4, 0.5) is 0 Å². The van der Waals surface area contributed by atoms with E-state index >= 15 is 0 Å². The van der Waals surface area contributed by atoms with Crippen LogP contribution in [0.15, 0.2) is 37.0 Å². The van der Waals surface area contributed by atoms with E-state index in [0.29, 0.717) is 71.8 Å². The predicted molar refractivity (Wildman–Crippen MR) is 381 cm³/mol. The second-order valence-electron chi connectivity index (χ2n) is 21.4. The summed E-state index contributed by atoms with van der Waals surface area (Å²) in [6.07, 6.45) is 15.9. The van der Waals surface area contributed by atoms with Crippen molar-refractivity contribution in [2.24, 2.45) is 28.6 Å². The van der Waals surface area contributed by atoms with Crippen molar-refractivity contribution < 1.29 is 171 Å². The number of aliphatic hydroxyl groups is 24. The summed E-state index contributed by atoms with van der Waals surface area (Å²) in [5.41, 5.74) is -2.74. The standard InChI is InChI=1S/C12H20O2.C8H18O3.C6H14O4.C6H12O4.C6H14O3.C5H10O4.C5H12O2.2C4H10O3.2C4H10O2.C3H8O2/c1-2-12(9-5-7-11-14)8-4-3-6-10-13;9-5-1-3-7-11-8-4-2-6-10;7-1-3-9-5-6-10-4-2-8;1-2-6(3-7,4-8)5(9)10;1-5(8)4-9-6(2)3-7;1-5(2-6,3-7)4(8)9;1-2-5(3-6)4-7;2*5-1-3-7-4-2-6;1-4(2-5)3-6;1-2-4(6)3-5;1-3(5)2-4/h2-3,5-7,12-14H,1,4,8-11H2;9-10H,1-8H2;7-8H,1-6H2;7-8H,2-4H2,1H3,(H,9,10);5-8H,3-4H2,1-2H3;6-7H,2-3H2,1H3,(H,8,9);5-7H,2-4H2,1H3;2*5-6H,1-4H2;2*4-6H,2-3H2,1H3;3-5H,2H2,1H3/b6-3+,7-5-;;;;;;;;;;;. The van der Waals surface area contributed by atoms with E-state index in [9.17, 15) is 9.59 Å². The second kappa shape index (κ2) is 113. The Morgan fingerprint density at radius 1 is 0.426 bits per heavy atom. The lowest BCUT2D eigenvalue weighted by atomic mass is 9.87. The van der Waals surface area contributed by atoms with Crippen LogP contribution >= 0.6 is 0 Å². The summed E-state index contributed by atoms with van der Waals surface area (Å²) in [6.45, 7) is 20.7. The lowest BCUT2D eigenvalue weighted by molar-refractivity contribution is -0.155. The van der Waals surface area contributed by atoms with Gasteiger partial charge in [0.2, 0.25) is 0 Å². The van der Waals surface area contributed by atoms with Gasteiger partial charge in [0, 0.05) is 64.7 Å². The number of carbonyl (C=O) groups is 2. The quantitative estimate of drug-likeness (QED) is 0.0208. The molecular weight excluding hydrogens is 1350 g/mol. The van der Waals surface area contributed by atoms with Crippen molar-refractivity contribution in [3.05, 3.63) is 37.0 Å². The molecule has 620 valence electrons. The van der Waals surface area contributed by atoms with Crippen molar-refractivity contribution in [3.63, 3.8) is 0 Å². The van der Waals surface area contributed by atoms with Gasteiger partial charge in [-0.1, -0.05) is 58.1 Å². The second-order valence-corrected chi connectivity index (χ2v) is 21.4. The molecule has 34 nitrogen and oxygen atoms in total. The molecule has 101 heavy (non-hydrogen) atoms. The van der Waals surface area contributed by atoms with Crippen molar-refractivity contribution in [3.8, 4) is 0 Å². The Hall–Kier alpha value is -3.04. The highest BCUT2D eigenvalue weighted by molar-refractivity contribution is 5.75. The van der Waals surface area contributed by atoms with Crippen LogP contribution in [0.5, 0.6) is 0 Å². The van der Waals surface area contributed by atoms with Gasteiger partial charge in [-0.15, -0.1) is 6.58 Å². The van der Waals surface area contributed by atoms with Crippen LogP contribution in [0.2, 0.25) is 0 Å². The molecule has 0 rings (SSSR count). The van der Waals surface area contributed by atoms with Crippen LogP contribution in [0, 0.1) is 28.6 Å². The largest absolute Gasteiger partial charge is 0.481 e. The fraction of sp³-hybridized carbons (Fsp3) is 0.881. The van der Waals surface area contributed by atoms with Gasteiger partial charge in [-0.25, -0.2) is 0 Å². The molecule has 0 aromatic heterocycles. The zero-order chi connectivity index (χ0) is 80.7. The number of aliphatic hydroxyl groups excluding tert-OH is 24. The van der Waals surface area contributed by atoms with E-state index in [1.807, 2.05) is 32.1 Å². The molecule has 0 spiro atoms. The number of ether oxygens (including phenoxy) is 6. The molecule has 0 bridgehead atoms. The summed E-state index contributed by atoms with van der Waals surface area (Å²) in [7, 11) is 0. The molecule has 0 amide bonds. The fourth-order valence-corrected chi connectivity index (χ4v) is 4.43. The molecule has 0 aliphatic heterocycles. The van der Waals surface area contributed by atoms with Crippen molar-refractivity contribution in [1.82, 2.24) is 0 Å². The van der Waals surface area contributed by atoms with Gasteiger partial charge < -0.3 is 161 Å². The van der Waals surface area contributed by atoms with Crippen LogP contribution in [0.1, 0.15) is 120 Å². The van der Waals surface area contributed by atoms with Gasteiger partial charge in [-0.3, -0.25) is 9.59 Å². The van der Waals surface area contributed by atoms with Crippen molar-refractivity contribution in [2.75, 3.05) is 211 Å². The van der Waals surface area contributed by atoms with Gasteiger partial charge in [-0.2, -0.15) is 0 Å². The predicted octanol–water partition coefficient (Wildman–Crippen LogP) is -3.42. The molecule has 0 aliphatic carbocycles. The molecule has 26 N–H and O–H groups in total. The Labute approximate surface area is 601 Å². The molecule has 0 heterocycles. The zero-order valence-corrected chi connectivity index (χ0v) is 62.2. The Bertz CT molecular complexity index is 1420. The number of aliphatic carboxylic acids is 2. The molecule has 0 saturated heterocycles. The smallest absolute Gasteiger partial charge is 0.314 e. The molecule has 0 saturated carbocycles. The summed E-state index contributed by atoms with van der Waals surface area (Å²) in [5, 5.41) is 216. The maximum Gasteiger partial charge on any atom is 0.314 e. The lowest BCUT2D eigenvalue weighted by Crippen LogP contribution is -2.37. The molecule has 5 unspecified atom stereocenters. The average Bonchev–Trinajstić information content (AvgIpc) is 0.890. The Morgan fingerprint density at radius 3 is 0.990 bits per heavy atom. The fourth-order valence-electron chi connectivity index (χ4n) is 4.43. The van der Waals surface area contributed by atoms with E-state index < -0.39 is 67.5 Å². The maximum atomic E-state index is 10.4. The van der Waals surface area contributed by atoms with Gasteiger partial charge in [0.1, 0.15) is 10.8 Å². The van der Waals surface area contributed by atoms with Crippen molar-refractivity contribution in [1.29, 1.82) is 0 Å². The number of unbranched alkanes of at least 4 members (excludes halogenated alkanes) is 2. The Morgan fingerprint density at radius 2 is 0.802 bits per heavy atom. The number of hydrogen-bond donors (Lipinski definition) is 26. The third-order valence-corrected chi connectivity index (χ3v) is 11.7. The van der Waals surface area contributed by atoms with E-state index in [1.54, 1.807) is 39.8 Å². The number of carboxylic acids is 2. The molecule has 0 fully saturated rings. The Kier molecular flexibility index (Phi) is 139. The first-order valence-corrected chi connectivity index (χ1v) is 33.8. The van der Waals surface area contributed by atoms with Gasteiger partial charge >= 0.3 is 11.9 Å². The van der Waals surface area contributed by atoms with Crippen LogP contribution in [-0.4, -0.2) is 381 Å². The van der Waals surface area contributed by atoms with E-state index in [-0.39, 0.29) is 137 Å². The van der Waals surface area contributed by atoms with Gasteiger partial charge in [-0.05, 0) is 97.8 Å². The summed E-state index contributed by atoms with van der Waals surface area (Å²) in [6, 6.07) is 0. The normalized spacial score (nSPS) is 12.0. The Balaban J connectivity index is -0.0000000864. The van der Waals surface area contributed by atoms with Crippen LogP contribution in [-0.2, 0) is 38.0 Å². The topological polar surface area (TPSA) is 616 Å². The van der Waals surface area contributed by atoms with Crippen molar-refractivity contribution >= 4 is 11.9 Å². The minimum absolute atomic E-state index is 0.00667. The van der Waals surface area contributed by atoms with E-state index in [2.05, 4.69) is 16.1 Å².